The Morgan fingerprint density at radius 3 is 2.70 bits per heavy atom. The smallest absolute Gasteiger partial charge is 0.316 e. The van der Waals surface area contributed by atoms with Crippen LogP contribution in [0.2, 0.25) is 0 Å². The van der Waals surface area contributed by atoms with Crippen molar-refractivity contribution in [2.75, 3.05) is 0 Å². The molecular weight excluding hydrogens is 324 g/mol. The molecule has 0 aliphatic rings. The largest absolute Gasteiger partial charge is 0.481 e. The average Bonchev–Trinajstić information content (AvgIpc) is 2.86. The lowest BCUT2D eigenvalue weighted by molar-refractivity contribution is -0.385. The molecular formula is C14H14N2O6S. The van der Waals surface area contributed by atoms with Crippen LogP contribution in [0.4, 0.5) is 5.69 Å². The van der Waals surface area contributed by atoms with Gasteiger partial charge < -0.3 is 9.52 Å². The highest BCUT2D eigenvalue weighted by molar-refractivity contribution is 7.96. The number of carboxylic acids is 1. The van der Waals surface area contributed by atoms with Crippen LogP contribution in [-0.4, -0.2) is 26.1 Å². The van der Waals surface area contributed by atoms with Crippen LogP contribution in [0.5, 0.6) is 0 Å². The quantitative estimate of drug-likeness (QED) is 0.452. The lowest BCUT2D eigenvalue weighted by atomic mass is 10.1. The summed E-state index contributed by atoms with van der Waals surface area (Å²) < 4.78 is 5.41. The van der Waals surface area contributed by atoms with E-state index in [4.69, 9.17) is 4.42 Å². The predicted molar refractivity (Wildman–Crippen MR) is 83.6 cm³/mol. The van der Waals surface area contributed by atoms with Gasteiger partial charge in [-0.05, 0) is 12.5 Å². The lowest BCUT2D eigenvalue weighted by Crippen LogP contribution is -2.14. The van der Waals surface area contributed by atoms with E-state index >= 15 is 0 Å². The summed E-state index contributed by atoms with van der Waals surface area (Å²) in [6, 6.07) is 2.75. The highest BCUT2D eigenvalue weighted by Gasteiger charge is 2.28. The summed E-state index contributed by atoms with van der Waals surface area (Å²) in [6.07, 6.45) is 0.814. The van der Waals surface area contributed by atoms with Gasteiger partial charge in [-0.25, -0.2) is 4.98 Å². The molecule has 0 spiro atoms. The van der Waals surface area contributed by atoms with Gasteiger partial charge in [-0.1, -0.05) is 13.3 Å². The van der Waals surface area contributed by atoms with Gasteiger partial charge in [0, 0.05) is 18.1 Å². The first-order chi connectivity index (χ1) is 10.8. The number of carboxylic acid groups (broad SMARTS) is 1. The number of hydrogen-bond acceptors (Lipinski definition) is 6. The predicted octanol–water partition coefficient (Wildman–Crippen LogP) is 2.70. The van der Waals surface area contributed by atoms with E-state index in [0.717, 1.165) is 0 Å². The van der Waals surface area contributed by atoms with Crippen molar-refractivity contribution in [2.45, 2.75) is 32.1 Å². The second-order valence-corrected chi connectivity index (χ2v) is 5.50. The lowest BCUT2D eigenvalue weighted by Gasteiger charge is -2.04. The molecule has 1 aromatic heterocycles. The number of carbonyl (C=O) groups is 2. The Bertz CT molecular complexity index is 785. The van der Waals surface area contributed by atoms with Gasteiger partial charge in [0.2, 0.25) is 5.89 Å². The molecule has 1 unspecified atom stereocenters. The Labute approximate surface area is 136 Å². The Morgan fingerprint density at radius 2 is 2.17 bits per heavy atom. The van der Waals surface area contributed by atoms with Crippen molar-refractivity contribution in [3.63, 3.8) is 0 Å². The molecule has 1 aromatic carbocycles. The van der Waals surface area contributed by atoms with Crippen LogP contribution in [-0.2, 0) is 16.0 Å². The summed E-state index contributed by atoms with van der Waals surface area (Å²) in [5.41, 5.74) is 0.845. The molecule has 8 nitrogen and oxygen atoms in total. The standard InChI is InChI=1S/C14H14N2O6S/c1-2-3-7-4-11-9(6-10(7)16(20)21)15-13(22-11)8(14(18)19)5-12(17)23/h4,6,8H,2-3,5H2,1H3,(H,17,23)(H,18,19). The van der Waals surface area contributed by atoms with Crippen LogP contribution in [0, 0.1) is 10.1 Å². The second kappa shape index (κ2) is 6.78. The number of nitro benzene ring substituents is 1. The van der Waals surface area contributed by atoms with Crippen LogP contribution in [0.25, 0.3) is 11.1 Å². The maximum absolute atomic E-state index is 11.3. The number of aliphatic carboxylic acids is 1. The van der Waals surface area contributed by atoms with E-state index in [1.165, 1.54) is 12.1 Å². The molecule has 0 fully saturated rings. The molecule has 0 amide bonds. The van der Waals surface area contributed by atoms with Crippen molar-refractivity contribution >= 4 is 40.5 Å². The number of thiol groups is 1. The van der Waals surface area contributed by atoms with E-state index < -0.39 is 21.9 Å². The van der Waals surface area contributed by atoms with Gasteiger partial charge in [-0.3, -0.25) is 19.7 Å². The third kappa shape index (κ3) is 3.67. The monoisotopic (exact) mass is 338 g/mol. The summed E-state index contributed by atoms with van der Waals surface area (Å²) >= 11 is 3.57. The number of oxazole rings is 1. The molecule has 2 aromatic rings. The number of nitro groups is 1. The number of benzene rings is 1. The molecule has 2 rings (SSSR count). The van der Waals surface area contributed by atoms with Gasteiger partial charge in [0.15, 0.2) is 10.7 Å². The fourth-order valence-electron chi connectivity index (χ4n) is 2.27. The molecule has 0 aliphatic heterocycles. The normalized spacial score (nSPS) is 12.3. The second-order valence-electron chi connectivity index (χ2n) is 5.00. The molecule has 122 valence electrons. The molecule has 0 saturated heterocycles. The third-order valence-electron chi connectivity index (χ3n) is 3.30. The SMILES string of the molecule is CCCc1cc2oc(C(CC(=O)S)C(=O)O)nc2cc1[N+](=O)[O-]. The number of fused-ring (bicyclic) bond motifs is 1. The van der Waals surface area contributed by atoms with Gasteiger partial charge in [-0.15, -0.1) is 12.6 Å². The van der Waals surface area contributed by atoms with E-state index in [0.29, 0.717) is 18.4 Å². The zero-order valence-electron chi connectivity index (χ0n) is 12.2. The van der Waals surface area contributed by atoms with Crippen molar-refractivity contribution in [2.24, 2.45) is 0 Å². The first-order valence-corrected chi connectivity index (χ1v) is 7.30. The molecule has 1 atom stereocenters. The molecule has 0 bridgehead atoms. The van der Waals surface area contributed by atoms with Gasteiger partial charge in [0.05, 0.1) is 4.92 Å². The number of nitrogens with zero attached hydrogens (tertiary/aromatic N) is 2. The maximum Gasteiger partial charge on any atom is 0.316 e. The Balaban J connectivity index is 2.54. The summed E-state index contributed by atoms with van der Waals surface area (Å²) in [5, 5.41) is 19.7. The summed E-state index contributed by atoms with van der Waals surface area (Å²) in [5.74, 6) is -2.72. The number of hydrogen-bond donors (Lipinski definition) is 2. The Kier molecular flexibility index (Phi) is 4.99. The number of carbonyl (C=O) groups excluding carboxylic acids is 1. The Hall–Kier alpha value is -2.42. The zero-order valence-corrected chi connectivity index (χ0v) is 13.1. The van der Waals surface area contributed by atoms with Crippen molar-refractivity contribution in [1.82, 2.24) is 4.98 Å². The van der Waals surface area contributed by atoms with E-state index in [1.807, 2.05) is 6.92 Å². The van der Waals surface area contributed by atoms with Crippen LogP contribution in [0.15, 0.2) is 16.5 Å². The molecule has 1 heterocycles. The third-order valence-corrected chi connectivity index (χ3v) is 3.48. The maximum atomic E-state index is 11.3. The zero-order chi connectivity index (χ0) is 17.1. The summed E-state index contributed by atoms with van der Waals surface area (Å²) in [4.78, 5) is 37.0. The van der Waals surface area contributed by atoms with Gasteiger partial charge >= 0.3 is 5.97 Å². The first-order valence-electron chi connectivity index (χ1n) is 6.85. The molecule has 9 heteroatoms. The minimum Gasteiger partial charge on any atom is -0.481 e. The average molecular weight is 338 g/mol. The van der Waals surface area contributed by atoms with Gasteiger partial charge in [0.25, 0.3) is 5.69 Å². The highest BCUT2D eigenvalue weighted by Crippen LogP contribution is 2.30. The minimum atomic E-state index is -1.28. The van der Waals surface area contributed by atoms with Crippen molar-refractivity contribution in [3.8, 4) is 0 Å². The van der Waals surface area contributed by atoms with Crippen LogP contribution in [0.1, 0.15) is 37.1 Å². The summed E-state index contributed by atoms with van der Waals surface area (Å²) in [7, 11) is 0. The first kappa shape index (κ1) is 16.9. The number of rotatable bonds is 7. The fraction of sp³-hybridized carbons (Fsp3) is 0.357. The minimum absolute atomic E-state index is 0.0867. The van der Waals surface area contributed by atoms with Crippen molar-refractivity contribution in [1.29, 1.82) is 0 Å². The van der Waals surface area contributed by atoms with Crippen LogP contribution >= 0.6 is 12.6 Å². The van der Waals surface area contributed by atoms with Gasteiger partial charge in [0.1, 0.15) is 11.4 Å². The van der Waals surface area contributed by atoms with E-state index in [2.05, 4.69) is 17.6 Å². The molecule has 23 heavy (non-hydrogen) atoms. The van der Waals surface area contributed by atoms with Crippen LogP contribution < -0.4 is 0 Å². The van der Waals surface area contributed by atoms with E-state index in [1.54, 1.807) is 0 Å². The highest BCUT2D eigenvalue weighted by atomic mass is 32.1. The fourth-order valence-corrected chi connectivity index (χ4v) is 2.45. The van der Waals surface area contributed by atoms with Crippen molar-refractivity contribution in [3.05, 3.63) is 33.7 Å². The Morgan fingerprint density at radius 1 is 1.48 bits per heavy atom. The van der Waals surface area contributed by atoms with E-state index in [-0.39, 0.29) is 29.1 Å². The van der Waals surface area contributed by atoms with Crippen LogP contribution in [0.3, 0.4) is 0 Å². The molecule has 0 radical (unpaired) electrons. The summed E-state index contributed by atoms with van der Waals surface area (Å²) in [6.45, 7) is 1.89. The number of aromatic nitrogens is 1. The molecule has 1 N–H and O–H groups in total. The molecule has 0 aliphatic carbocycles. The van der Waals surface area contributed by atoms with Gasteiger partial charge in [-0.2, -0.15) is 0 Å². The van der Waals surface area contributed by atoms with Crippen molar-refractivity contribution < 1.29 is 24.0 Å². The molecule has 0 saturated carbocycles. The van der Waals surface area contributed by atoms with E-state index in [9.17, 15) is 24.8 Å². The number of aryl methyl sites for hydroxylation is 1. The topological polar surface area (TPSA) is 124 Å².